The second-order valence-corrected chi connectivity index (χ2v) is 6.30. The van der Waals surface area contributed by atoms with E-state index in [4.69, 9.17) is 34.8 Å². The van der Waals surface area contributed by atoms with Crippen LogP contribution in [0, 0.1) is 6.92 Å². The third-order valence-corrected chi connectivity index (χ3v) is 4.21. The van der Waals surface area contributed by atoms with Crippen molar-refractivity contribution in [1.82, 2.24) is 0 Å². The zero-order valence-electron chi connectivity index (χ0n) is 10.3. The molecule has 1 N–H and O–H groups in total. The van der Waals surface area contributed by atoms with Crippen LogP contribution in [0.1, 0.15) is 15.9 Å². The minimum absolute atomic E-state index is 0.349. The number of benzene rings is 2. The van der Waals surface area contributed by atoms with Crippen LogP contribution in [0.3, 0.4) is 0 Å². The summed E-state index contributed by atoms with van der Waals surface area (Å²) >= 11 is 21.4. The molecule has 0 aliphatic rings. The summed E-state index contributed by atoms with van der Waals surface area (Å²) in [5.41, 5.74) is 1.65. The molecule has 2 aromatic rings. The summed E-state index contributed by atoms with van der Waals surface area (Å²) in [6.45, 7) is 1.84. The van der Waals surface area contributed by atoms with Gasteiger partial charge in [-0.25, -0.2) is 0 Å². The molecule has 0 saturated carbocycles. The van der Waals surface area contributed by atoms with E-state index in [0.717, 1.165) is 10.0 Å². The van der Waals surface area contributed by atoms with Gasteiger partial charge < -0.3 is 5.32 Å². The van der Waals surface area contributed by atoms with Crippen molar-refractivity contribution in [3.63, 3.8) is 0 Å². The van der Waals surface area contributed by atoms with Gasteiger partial charge in [0.1, 0.15) is 0 Å². The molecule has 0 atom stereocenters. The Kier molecular flexibility index (Phi) is 4.97. The van der Waals surface area contributed by atoms with E-state index in [2.05, 4.69) is 21.2 Å². The quantitative estimate of drug-likeness (QED) is 0.669. The topological polar surface area (TPSA) is 29.1 Å². The van der Waals surface area contributed by atoms with Crippen molar-refractivity contribution in [2.24, 2.45) is 0 Å². The van der Waals surface area contributed by atoms with E-state index >= 15 is 0 Å². The summed E-state index contributed by atoms with van der Waals surface area (Å²) in [6, 6.07) is 8.35. The first-order valence-electron chi connectivity index (χ1n) is 5.60. The van der Waals surface area contributed by atoms with Gasteiger partial charge in [0.15, 0.2) is 0 Å². The standard InChI is InChI=1S/C14H9BrCl3NO/c1-7-4-12(18)13(6-11(7)17)19-14(20)9-5-8(15)2-3-10(9)16/h2-6H,1H3,(H,19,20). The van der Waals surface area contributed by atoms with Crippen LogP contribution in [0.5, 0.6) is 0 Å². The molecular weight excluding hydrogens is 384 g/mol. The number of carbonyl (C=O) groups is 1. The molecule has 0 aliphatic heterocycles. The number of anilines is 1. The van der Waals surface area contributed by atoms with E-state index in [1.54, 1.807) is 30.3 Å². The number of rotatable bonds is 2. The predicted octanol–water partition coefficient (Wildman–Crippen LogP) is 5.97. The van der Waals surface area contributed by atoms with Gasteiger partial charge in [-0.1, -0.05) is 50.7 Å². The van der Waals surface area contributed by atoms with Gasteiger partial charge in [-0.05, 0) is 42.8 Å². The van der Waals surface area contributed by atoms with Crippen LogP contribution in [0.15, 0.2) is 34.8 Å². The molecule has 0 aliphatic carbocycles. The average Bonchev–Trinajstić information content (AvgIpc) is 2.38. The maximum atomic E-state index is 12.2. The van der Waals surface area contributed by atoms with Crippen LogP contribution < -0.4 is 5.32 Å². The molecule has 2 aromatic carbocycles. The molecule has 6 heteroatoms. The number of nitrogens with one attached hydrogen (secondary N) is 1. The van der Waals surface area contributed by atoms with Gasteiger partial charge in [0, 0.05) is 9.50 Å². The summed E-state index contributed by atoms with van der Waals surface area (Å²) in [5, 5.41) is 4.02. The van der Waals surface area contributed by atoms with Crippen molar-refractivity contribution in [1.29, 1.82) is 0 Å². The number of hydrogen-bond acceptors (Lipinski definition) is 1. The predicted molar refractivity (Wildman–Crippen MR) is 88.3 cm³/mol. The Balaban J connectivity index is 2.32. The molecule has 0 bridgehead atoms. The molecule has 0 unspecified atom stereocenters. The Bertz CT molecular complexity index is 688. The minimum Gasteiger partial charge on any atom is -0.321 e. The van der Waals surface area contributed by atoms with E-state index in [0.29, 0.717) is 26.3 Å². The lowest BCUT2D eigenvalue weighted by atomic mass is 10.2. The Hall–Kier alpha value is -0.740. The molecule has 0 heterocycles. The van der Waals surface area contributed by atoms with Gasteiger partial charge in [0.2, 0.25) is 0 Å². The summed E-state index contributed by atoms with van der Waals surface area (Å²) in [4.78, 5) is 12.2. The molecule has 0 radical (unpaired) electrons. The van der Waals surface area contributed by atoms with Crippen LogP contribution in [0.4, 0.5) is 5.69 Å². The van der Waals surface area contributed by atoms with Crippen molar-refractivity contribution in [2.45, 2.75) is 6.92 Å². The van der Waals surface area contributed by atoms with Gasteiger partial charge in [-0.2, -0.15) is 0 Å². The maximum Gasteiger partial charge on any atom is 0.257 e. The first-order chi connectivity index (χ1) is 9.38. The highest BCUT2D eigenvalue weighted by molar-refractivity contribution is 9.10. The Labute approximate surface area is 140 Å². The van der Waals surface area contributed by atoms with Gasteiger partial charge in [0.05, 0.1) is 21.3 Å². The third-order valence-electron chi connectivity index (χ3n) is 2.67. The van der Waals surface area contributed by atoms with Gasteiger partial charge >= 0.3 is 0 Å². The normalized spacial score (nSPS) is 10.4. The summed E-state index contributed by atoms with van der Waals surface area (Å²) in [6.07, 6.45) is 0. The lowest BCUT2D eigenvalue weighted by Gasteiger charge is -2.10. The smallest absolute Gasteiger partial charge is 0.257 e. The number of amides is 1. The van der Waals surface area contributed by atoms with Crippen molar-refractivity contribution in [3.8, 4) is 0 Å². The largest absolute Gasteiger partial charge is 0.321 e. The van der Waals surface area contributed by atoms with Crippen LogP contribution in [-0.4, -0.2) is 5.91 Å². The zero-order valence-corrected chi connectivity index (χ0v) is 14.2. The number of carbonyl (C=O) groups excluding carboxylic acids is 1. The molecule has 2 rings (SSSR count). The molecule has 20 heavy (non-hydrogen) atoms. The first kappa shape index (κ1) is 15.6. The second-order valence-electron chi connectivity index (χ2n) is 4.16. The molecule has 0 fully saturated rings. The van der Waals surface area contributed by atoms with Crippen molar-refractivity contribution < 1.29 is 4.79 Å². The van der Waals surface area contributed by atoms with Gasteiger partial charge in [0.25, 0.3) is 5.91 Å². The number of hydrogen-bond donors (Lipinski definition) is 1. The zero-order chi connectivity index (χ0) is 14.9. The first-order valence-corrected chi connectivity index (χ1v) is 7.53. The fourth-order valence-corrected chi connectivity index (χ4v) is 2.60. The van der Waals surface area contributed by atoms with Crippen LogP contribution >= 0.6 is 50.7 Å². The van der Waals surface area contributed by atoms with Crippen LogP contribution in [-0.2, 0) is 0 Å². The number of aryl methyl sites for hydroxylation is 1. The summed E-state index contributed by atoms with van der Waals surface area (Å²) in [5.74, 6) is -0.349. The molecule has 1 amide bonds. The highest BCUT2D eigenvalue weighted by Gasteiger charge is 2.13. The monoisotopic (exact) mass is 391 g/mol. The van der Waals surface area contributed by atoms with Gasteiger partial charge in [-0.15, -0.1) is 0 Å². The molecular formula is C14H9BrCl3NO. The highest BCUT2D eigenvalue weighted by Crippen LogP contribution is 2.30. The molecule has 0 spiro atoms. The molecule has 104 valence electrons. The summed E-state index contributed by atoms with van der Waals surface area (Å²) < 4.78 is 0.764. The highest BCUT2D eigenvalue weighted by atomic mass is 79.9. The Morgan fingerprint density at radius 1 is 1.05 bits per heavy atom. The van der Waals surface area contributed by atoms with E-state index in [1.807, 2.05) is 6.92 Å². The Morgan fingerprint density at radius 3 is 2.45 bits per heavy atom. The third kappa shape index (κ3) is 3.47. The van der Waals surface area contributed by atoms with Gasteiger partial charge in [-0.3, -0.25) is 4.79 Å². The van der Waals surface area contributed by atoms with Crippen molar-refractivity contribution >= 4 is 62.3 Å². The lowest BCUT2D eigenvalue weighted by molar-refractivity contribution is 0.102. The van der Waals surface area contributed by atoms with Crippen molar-refractivity contribution in [3.05, 3.63) is 61.0 Å². The van der Waals surface area contributed by atoms with Crippen LogP contribution in [0.2, 0.25) is 15.1 Å². The fraction of sp³-hybridized carbons (Fsp3) is 0.0714. The van der Waals surface area contributed by atoms with E-state index in [1.165, 1.54) is 0 Å². The minimum atomic E-state index is -0.349. The lowest BCUT2D eigenvalue weighted by Crippen LogP contribution is -2.13. The maximum absolute atomic E-state index is 12.2. The SMILES string of the molecule is Cc1cc(Cl)c(NC(=O)c2cc(Br)ccc2Cl)cc1Cl. The second kappa shape index (κ2) is 6.35. The van der Waals surface area contributed by atoms with E-state index in [9.17, 15) is 4.79 Å². The summed E-state index contributed by atoms with van der Waals surface area (Å²) in [7, 11) is 0. The molecule has 0 aromatic heterocycles. The van der Waals surface area contributed by atoms with E-state index in [-0.39, 0.29) is 5.91 Å². The van der Waals surface area contributed by atoms with Crippen LogP contribution in [0.25, 0.3) is 0 Å². The fourth-order valence-electron chi connectivity index (χ4n) is 1.60. The Morgan fingerprint density at radius 2 is 1.75 bits per heavy atom. The molecule has 0 saturated heterocycles. The number of halogens is 4. The molecule has 2 nitrogen and oxygen atoms in total. The van der Waals surface area contributed by atoms with E-state index < -0.39 is 0 Å². The van der Waals surface area contributed by atoms with Crippen molar-refractivity contribution in [2.75, 3.05) is 5.32 Å². The average molecular weight is 393 g/mol.